The van der Waals surface area contributed by atoms with E-state index in [0.717, 1.165) is 61.0 Å². The Bertz CT molecular complexity index is 2420. The van der Waals surface area contributed by atoms with Crippen molar-refractivity contribution in [3.63, 3.8) is 0 Å². The summed E-state index contributed by atoms with van der Waals surface area (Å²) in [4.78, 5) is 58.2. The standard InChI is InChI=1S/C40H43F4N9O4/c1-49(30-17-18-51(22-27(30)41)31-6-4-7-32-36(31)50(2)39(57)53(32)33-15-16-35(54)47-38(33)56)20-23-9-12-26(13-10-23)52-21-24-19-25(11-14-28(24)48-52)45-37(55)29-5-3-8-34(46-29)40(42,43)44/h3-8,11,14,19,21,23,26-27,30,33H,9-10,12-13,15-18,20,22H2,1-2H3,(H,45,55)(H,47,54,56). The number of amides is 3. The first-order valence-electron chi connectivity index (χ1n) is 19.2. The second-order valence-electron chi connectivity index (χ2n) is 15.5. The Balaban J connectivity index is 0.862. The number of piperidine rings is 2. The van der Waals surface area contributed by atoms with Crippen molar-refractivity contribution in [1.29, 1.82) is 0 Å². The number of hydrogen-bond acceptors (Lipinski definition) is 8. The second kappa shape index (κ2) is 15.1. The van der Waals surface area contributed by atoms with Crippen molar-refractivity contribution in [2.75, 3.05) is 36.9 Å². The van der Waals surface area contributed by atoms with E-state index in [2.05, 4.69) is 20.5 Å². The van der Waals surface area contributed by atoms with E-state index < -0.39 is 35.9 Å². The van der Waals surface area contributed by atoms with Crippen molar-refractivity contribution in [2.24, 2.45) is 13.0 Å². The van der Waals surface area contributed by atoms with Crippen molar-refractivity contribution in [3.8, 4) is 0 Å². The van der Waals surface area contributed by atoms with Crippen LogP contribution in [0.5, 0.6) is 0 Å². The molecule has 0 radical (unpaired) electrons. The van der Waals surface area contributed by atoms with E-state index in [1.807, 2.05) is 35.0 Å². The van der Waals surface area contributed by atoms with Crippen molar-refractivity contribution in [3.05, 3.63) is 82.7 Å². The smallest absolute Gasteiger partial charge is 0.367 e. The molecule has 2 saturated heterocycles. The highest BCUT2D eigenvalue weighted by Crippen LogP contribution is 2.36. The van der Waals surface area contributed by atoms with Gasteiger partial charge in [-0.05, 0) is 94.0 Å². The minimum Gasteiger partial charge on any atom is -0.367 e. The molecule has 3 fully saturated rings. The third kappa shape index (κ3) is 7.51. The predicted molar refractivity (Wildman–Crippen MR) is 205 cm³/mol. The Morgan fingerprint density at radius 1 is 1.00 bits per heavy atom. The first kappa shape index (κ1) is 38.3. The second-order valence-corrected chi connectivity index (χ2v) is 15.5. The molecule has 300 valence electrons. The number of nitrogens with zero attached hydrogens (tertiary/aromatic N) is 7. The molecule has 2 N–H and O–H groups in total. The molecule has 5 aromatic rings. The minimum absolute atomic E-state index is 0.149. The Morgan fingerprint density at radius 2 is 1.77 bits per heavy atom. The van der Waals surface area contributed by atoms with E-state index in [-0.39, 0.29) is 48.8 Å². The maximum atomic E-state index is 16.1. The van der Waals surface area contributed by atoms with Gasteiger partial charge >= 0.3 is 11.9 Å². The van der Waals surface area contributed by atoms with Crippen LogP contribution in [0, 0.1) is 5.92 Å². The van der Waals surface area contributed by atoms with Crippen LogP contribution in [-0.4, -0.2) is 85.4 Å². The highest BCUT2D eigenvalue weighted by atomic mass is 19.4. The Morgan fingerprint density at radius 3 is 2.51 bits per heavy atom. The topological polar surface area (TPSA) is 139 Å². The fourth-order valence-electron chi connectivity index (χ4n) is 8.87. The fourth-order valence-corrected chi connectivity index (χ4v) is 8.87. The summed E-state index contributed by atoms with van der Waals surface area (Å²) in [5.74, 6) is -1.21. The molecule has 0 spiro atoms. The molecule has 5 heterocycles. The molecule has 57 heavy (non-hydrogen) atoms. The third-order valence-electron chi connectivity index (χ3n) is 11.8. The number of aryl methyl sites for hydroxylation is 1. The molecule has 3 aliphatic rings. The lowest BCUT2D eigenvalue weighted by Gasteiger charge is -2.42. The summed E-state index contributed by atoms with van der Waals surface area (Å²) < 4.78 is 60.2. The number of rotatable bonds is 8. The largest absolute Gasteiger partial charge is 0.433 e. The Labute approximate surface area is 324 Å². The number of alkyl halides is 4. The molecule has 2 aromatic carbocycles. The summed E-state index contributed by atoms with van der Waals surface area (Å²) >= 11 is 0. The first-order valence-corrected chi connectivity index (χ1v) is 19.2. The normalized spacial score (nSPS) is 23.4. The van der Waals surface area contributed by atoms with Gasteiger partial charge in [0.05, 0.1) is 34.8 Å². The van der Waals surface area contributed by atoms with Gasteiger partial charge in [-0.25, -0.2) is 14.2 Å². The number of fused-ring (bicyclic) bond motifs is 2. The number of nitrogens with one attached hydrogen (secondary N) is 2. The molecular weight excluding hydrogens is 746 g/mol. The van der Waals surface area contributed by atoms with Crippen LogP contribution in [0.4, 0.5) is 28.9 Å². The number of carbonyl (C=O) groups excluding carboxylic acids is 3. The number of imide groups is 1. The molecule has 1 saturated carbocycles. The van der Waals surface area contributed by atoms with Crippen LogP contribution in [0.15, 0.2) is 65.6 Å². The highest BCUT2D eigenvalue weighted by Gasteiger charge is 2.37. The van der Waals surface area contributed by atoms with Crippen LogP contribution in [-0.2, 0) is 22.8 Å². The van der Waals surface area contributed by atoms with E-state index in [1.165, 1.54) is 15.2 Å². The molecule has 3 unspecified atom stereocenters. The summed E-state index contributed by atoms with van der Waals surface area (Å²) in [5, 5.41) is 10.5. The highest BCUT2D eigenvalue weighted by molar-refractivity contribution is 6.04. The quantitative estimate of drug-likeness (QED) is 0.153. The average Bonchev–Trinajstić information content (AvgIpc) is 3.72. The van der Waals surface area contributed by atoms with Crippen molar-refractivity contribution in [2.45, 2.75) is 75.4 Å². The van der Waals surface area contributed by atoms with Gasteiger partial charge in [0.2, 0.25) is 11.8 Å². The van der Waals surface area contributed by atoms with Gasteiger partial charge in [0.15, 0.2) is 0 Å². The summed E-state index contributed by atoms with van der Waals surface area (Å²) in [5.41, 5.74) is 1.27. The molecule has 13 nitrogen and oxygen atoms in total. The van der Waals surface area contributed by atoms with Crippen molar-refractivity contribution in [1.82, 2.24) is 34.1 Å². The van der Waals surface area contributed by atoms with Gasteiger partial charge in [-0.2, -0.15) is 18.3 Å². The number of aromatic nitrogens is 5. The number of carbonyl (C=O) groups is 3. The maximum absolute atomic E-state index is 16.1. The number of hydrogen-bond donors (Lipinski definition) is 2. The monoisotopic (exact) mass is 789 g/mol. The molecule has 3 aromatic heterocycles. The molecule has 3 amide bonds. The average molecular weight is 790 g/mol. The Hall–Kier alpha value is -5.58. The third-order valence-corrected chi connectivity index (χ3v) is 11.8. The molecule has 0 bridgehead atoms. The van der Waals surface area contributed by atoms with Gasteiger partial charge in [0.25, 0.3) is 5.91 Å². The number of benzene rings is 2. The van der Waals surface area contributed by atoms with E-state index >= 15 is 4.39 Å². The van der Waals surface area contributed by atoms with E-state index in [1.54, 1.807) is 31.3 Å². The SMILES string of the molecule is CN(CC1CCC(n2cc3cc(NC(=O)c4cccc(C(F)(F)F)n4)ccc3n2)CC1)C1CCN(c2cccc3c2n(C)c(=O)n3C2CCC(=O)NC2=O)CC1F. The predicted octanol–water partition coefficient (Wildman–Crippen LogP) is 5.61. The lowest BCUT2D eigenvalue weighted by atomic mass is 9.85. The molecule has 8 rings (SSSR count). The van der Waals surface area contributed by atoms with Crippen molar-refractivity contribution >= 4 is 51.0 Å². The Kier molecular flexibility index (Phi) is 10.1. The van der Waals surface area contributed by atoms with Gasteiger partial charge in [-0.15, -0.1) is 0 Å². The molecule has 2 aliphatic heterocycles. The van der Waals surface area contributed by atoms with Crippen LogP contribution < -0.4 is 21.2 Å². The molecular formula is C40H43F4N9O4. The van der Waals surface area contributed by atoms with Crippen LogP contribution in [0.3, 0.4) is 0 Å². The van der Waals surface area contributed by atoms with Crippen LogP contribution in [0.25, 0.3) is 21.9 Å². The molecule has 17 heteroatoms. The van der Waals surface area contributed by atoms with Gasteiger partial charge in [0.1, 0.15) is 23.6 Å². The van der Waals surface area contributed by atoms with Crippen LogP contribution in [0.2, 0.25) is 0 Å². The van der Waals surface area contributed by atoms with Gasteiger partial charge in [-0.3, -0.25) is 33.5 Å². The lowest BCUT2D eigenvalue weighted by molar-refractivity contribution is -0.141. The van der Waals surface area contributed by atoms with E-state index in [9.17, 15) is 32.3 Å². The minimum atomic E-state index is -4.66. The molecule has 1 aliphatic carbocycles. The van der Waals surface area contributed by atoms with Gasteiger partial charge in [0, 0.05) is 49.9 Å². The number of pyridine rings is 1. The van der Waals surface area contributed by atoms with E-state index in [0.29, 0.717) is 35.6 Å². The van der Waals surface area contributed by atoms with Gasteiger partial charge < -0.3 is 15.1 Å². The van der Waals surface area contributed by atoms with Crippen LogP contribution in [0.1, 0.15) is 73.2 Å². The summed E-state index contributed by atoms with van der Waals surface area (Å²) in [6.45, 7) is 1.53. The maximum Gasteiger partial charge on any atom is 0.433 e. The number of para-hydroxylation sites is 1. The molecule has 3 atom stereocenters. The first-order chi connectivity index (χ1) is 27.2. The summed E-state index contributed by atoms with van der Waals surface area (Å²) in [6, 6.07) is 13.0. The summed E-state index contributed by atoms with van der Waals surface area (Å²) in [6.07, 6.45) is 0.827. The fraction of sp³-hybridized carbons (Fsp3) is 0.450. The number of imidazole rings is 1. The van der Waals surface area contributed by atoms with Crippen LogP contribution >= 0.6 is 0 Å². The van der Waals surface area contributed by atoms with Gasteiger partial charge in [-0.1, -0.05) is 12.1 Å². The number of anilines is 2. The lowest BCUT2D eigenvalue weighted by Crippen LogP contribution is -2.52. The van der Waals surface area contributed by atoms with E-state index in [4.69, 9.17) is 5.10 Å². The zero-order chi connectivity index (χ0) is 40.2. The summed E-state index contributed by atoms with van der Waals surface area (Å²) in [7, 11) is 3.64. The number of halogens is 4. The van der Waals surface area contributed by atoms with Crippen molar-refractivity contribution < 1.29 is 31.9 Å². The zero-order valence-electron chi connectivity index (χ0n) is 31.5. The zero-order valence-corrected chi connectivity index (χ0v) is 31.5.